The van der Waals surface area contributed by atoms with E-state index in [0.717, 1.165) is 6.54 Å². The monoisotopic (exact) mass is 297 g/mol. The minimum atomic E-state index is 0.208. The fourth-order valence-electron chi connectivity index (χ4n) is 3.45. The van der Waals surface area contributed by atoms with Gasteiger partial charge >= 0.3 is 0 Å². The molecule has 3 heteroatoms. The molecule has 3 nitrogen and oxygen atoms in total. The molecule has 1 N–H and O–H groups in total. The van der Waals surface area contributed by atoms with Crippen LogP contribution >= 0.6 is 0 Å². The van der Waals surface area contributed by atoms with Gasteiger partial charge in [-0.15, -0.1) is 0 Å². The first-order valence-corrected chi connectivity index (χ1v) is 8.83. The Morgan fingerprint density at radius 1 is 1.14 bits per heavy atom. The smallest absolute Gasteiger partial charge is 0.0195 e. The van der Waals surface area contributed by atoms with Crippen LogP contribution in [0.2, 0.25) is 0 Å². The molecule has 0 aliphatic carbocycles. The second-order valence-corrected chi connectivity index (χ2v) is 8.60. The number of hydrogen-bond acceptors (Lipinski definition) is 3. The SMILES string of the molecule is CCCC(C)(CNC(C)(C)C)CN1CCCN(C)CC1C. The van der Waals surface area contributed by atoms with E-state index in [-0.39, 0.29) is 5.54 Å². The molecule has 0 spiro atoms. The second-order valence-electron chi connectivity index (χ2n) is 8.60. The van der Waals surface area contributed by atoms with E-state index in [2.05, 4.69) is 63.7 Å². The van der Waals surface area contributed by atoms with Crippen LogP contribution in [0, 0.1) is 5.41 Å². The normalized spacial score (nSPS) is 25.6. The van der Waals surface area contributed by atoms with Crippen molar-refractivity contribution in [2.24, 2.45) is 5.41 Å². The standard InChI is InChI=1S/C18H39N3/c1-8-10-18(6,14-19-17(3,4)5)15-21-12-9-11-20(7)13-16(21)2/h16,19H,8-15H2,1-7H3. The third-order valence-corrected chi connectivity index (χ3v) is 4.67. The van der Waals surface area contributed by atoms with Gasteiger partial charge in [0.05, 0.1) is 0 Å². The third kappa shape index (κ3) is 7.12. The Bertz CT molecular complexity index is 297. The van der Waals surface area contributed by atoms with E-state index in [0.29, 0.717) is 11.5 Å². The van der Waals surface area contributed by atoms with E-state index in [9.17, 15) is 0 Å². The molecular weight excluding hydrogens is 258 g/mol. The molecule has 0 aromatic heterocycles. The zero-order chi connectivity index (χ0) is 16.1. The molecule has 0 saturated carbocycles. The molecule has 1 aliphatic rings. The Morgan fingerprint density at radius 3 is 2.38 bits per heavy atom. The maximum Gasteiger partial charge on any atom is 0.0195 e. The fraction of sp³-hybridized carbons (Fsp3) is 1.00. The Balaban J connectivity index is 2.66. The molecule has 0 radical (unpaired) electrons. The lowest BCUT2D eigenvalue weighted by Gasteiger charge is -2.40. The molecular formula is C18H39N3. The van der Waals surface area contributed by atoms with Crippen LogP contribution in [0.1, 0.15) is 60.8 Å². The maximum atomic E-state index is 3.74. The summed E-state index contributed by atoms with van der Waals surface area (Å²) in [5.74, 6) is 0. The molecule has 0 bridgehead atoms. The predicted octanol–water partition coefficient (Wildman–Crippen LogP) is 3.21. The molecule has 126 valence electrons. The average molecular weight is 298 g/mol. The summed E-state index contributed by atoms with van der Waals surface area (Å²) in [6.45, 7) is 20.0. The summed E-state index contributed by atoms with van der Waals surface area (Å²) in [6.07, 6.45) is 3.87. The zero-order valence-electron chi connectivity index (χ0n) is 15.6. The lowest BCUT2D eigenvalue weighted by atomic mass is 9.83. The van der Waals surface area contributed by atoms with Gasteiger partial charge in [0.15, 0.2) is 0 Å². The summed E-state index contributed by atoms with van der Waals surface area (Å²) in [6, 6.07) is 0.670. The van der Waals surface area contributed by atoms with E-state index in [1.54, 1.807) is 0 Å². The summed E-state index contributed by atoms with van der Waals surface area (Å²) in [4.78, 5) is 5.21. The van der Waals surface area contributed by atoms with Crippen LogP contribution in [0.5, 0.6) is 0 Å². The van der Waals surface area contributed by atoms with Crippen molar-refractivity contribution in [3.05, 3.63) is 0 Å². The third-order valence-electron chi connectivity index (χ3n) is 4.67. The first-order valence-electron chi connectivity index (χ1n) is 8.83. The Kier molecular flexibility index (Phi) is 7.15. The van der Waals surface area contributed by atoms with Gasteiger partial charge in [0.25, 0.3) is 0 Å². The van der Waals surface area contributed by atoms with Gasteiger partial charge in [0.1, 0.15) is 0 Å². The maximum absolute atomic E-state index is 3.74. The number of nitrogens with zero attached hydrogens (tertiary/aromatic N) is 2. The van der Waals surface area contributed by atoms with Gasteiger partial charge < -0.3 is 10.2 Å². The molecule has 0 aromatic carbocycles. The van der Waals surface area contributed by atoms with Crippen molar-refractivity contribution in [1.29, 1.82) is 0 Å². The predicted molar refractivity (Wildman–Crippen MR) is 93.9 cm³/mol. The molecule has 1 saturated heterocycles. The van der Waals surface area contributed by atoms with Crippen LogP contribution in [0.4, 0.5) is 0 Å². The largest absolute Gasteiger partial charge is 0.311 e. The van der Waals surface area contributed by atoms with Crippen LogP contribution < -0.4 is 5.32 Å². The molecule has 1 aliphatic heterocycles. The molecule has 2 unspecified atom stereocenters. The number of likely N-dealkylation sites (N-methyl/N-ethyl adjacent to an activating group) is 1. The molecule has 0 amide bonds. The molecule has 1 rings (SSSR count). The van der Waals surface area contributed by atoms with E-state index >= 15 is 0 Å². The van der Waals surface area contributed by atoms with Crippen LogP contribution in [-0.2, 0) is 0 Å². The van der Waals surface area contributed by atoms with Crippen molar-refractivity contribution in [2.75, 3.05) is 39.8 Å². The number of rotatable bonds is 6. The van der Waals surface area contributed by atoms with Crippen LogP contribution in [-0.4, -0.2) is 61.2 Å². The number of nitrogens with one attached hydrogen (secondary N) is 1. The zero-order valence-corrected chi connectivity index (χ0v) is 15.6. The van der Waals surface area contributed by atoms with Gasteiger partial charge in [-0.05, 0) is 66.1 Å². The molecule has 21 heavy (non-hydrogen) atoms. The Hall–Kier alpha value is -0.120. The highest BCUT2D eigenvalue weighted by Crippen LogP contribution is 2.26. The summed E-state index contributed by atoms with van der Waals surface area (Å²) >= 11 is 0. The lowest BCUT2D eigenvalue weighted by molar-refractivity contribution is 0.111. The van der Waals surface area contributed by atoms with Gasteiger partial charge in [-0.2, -0.15) is 0 Å². The summed E-state index contributed by atoms with van der Waals surface area (Å²) in [7, 11) is 2.26. The van der Waals surface area contributed by atoms with Crippen LogP contribution in [0.25, 0.3) is 0 Å². The Morgan fingerprint density at radius 2 is 1.81 bits per heavy atom. The van der Waals surface area contributed by atoms with Gasteiger partial charge in [-0.1, -0.05) is 20.3 Å². The van der Waals surface area contributed by atoms with E-state index in [1.807, 2.05) is 0 Å². The van der Waals surface area contributed by atoms with Gasteiger partial charge in [0, 0.05) is 31.2 Å². The molecule has 0 aromatic rings. The summed E-state index contributed by atoms with van der Waals surface area (Å²) in [5, 5.41) is 3.74. The summed E-state index contributed by atoms with van der Waals surface area (Å²) in [5.41, 5.74) is 0.582. The lowest BCUT2D eigenvalue weighted by Crippen LogP contribution is -2.50. The van der Waals surface area contributed by atoms with Gasteiger partial charge in [-0.25, -0.2) is 0 Å². The Labute approximate surface area is 133 Å². The quantitative estimate of drug-likeness (QED) is 0.812. The number of hydrogen-bond donors (Lipinski definition) is 1. The van der Waals surface area contributed by atoms with Crippen molar-refractivity contribution in [1.82, 2.24) is 15.1 Å². The minimum Gasteiger partial charge on any atom is -0.311 e. The second kappa shape index (κ2) is 7.94. The minimum absolute atomic E-state index is 0.208. The highest BCUT2D eigenvalue weighted by Gasteiger charge is 2.30. The average Bonchev–Trinajstić information content (AvgIpc) is 2.49. The van der Waals surface area contributed by atoms with Crippen molar-refractivity contribution in [3.8, 4) is 0 Å². The van der Waals surface area contributed by atoms with Gasteiger partial charge in [0.2, 0.25) is 0 Å². The fourth-order valence-corrected chi connectivity index (χ4v) is 3.45. The first-order chi connectivity index (χ1) is 9.65. The van der Waals surface area contributed by atoms with Crippen LogP contribution in [0.3, 0.4) is 0 Å². The summed E-state index contributed by atoms with van der Waals surface area (Å²) < 4.78 is 0. The van der Waals surface area contributed by atoms with Crippen molar-refractivity contribution in [2.45, 2.75) is 72.4 Å². The topological polar surface area (TPSA) is 18.5 Å². The van der Waals surface area contributed by atoms with Crippen molar-refractivity contribution in [3.63, 3.8) is 0 Å². The van der Waals surface area contributed by atoms with E-state index < -0.39 is 0 Å². The van der Waals surface area contributed by atoms with E-state index in [4.69, 9.17) is 0 Å². The molecule has 1 heterocycles. The van der Waals surface area contributed by atoms with Gasteiger partial charge in [-0.3, -0.25) is 4.90 Å². The molecule has 2 atom stereocenters. The highest BCUT2D eigenvalue weighted by molar-refractivity contribution is 4.87. The van der Waals surface area contributed by atoms with E-state index in [1.165, 1.54) is 45.4 Å². The van der Waals surface area contributed by atoms with Crippen LogP contribution in [0.15, 0.2) is 0 Å². The first kappa shape index (κ1) is 18.9. The highest BCUT2D eigenvalue weighted by atomic mass is 15.2. The van der Waals surface area contributed by atoms with Crippen molar-refractivity contribution >= 4 is 0 Å². The van der Waals surface area contributed by atoms with Crippen molar-refractivity contribution < 1.29 is 0 Å². The molecule has 1 fully saturated rings.